The molecule has 0 aliphatic carbocycles. The Labute approximate surface area is 120 Å². The van der Waals surface area contributed by atoms with E-state index in [4.69, 9.17) is 10.5 Å². The molecule has 0 saturated carbocycles. The first-order valence-corrected chi connectivity index (χ1v) is 8.32. The van der Waals surface area contributed by atoms with Gasteiger partial charge in [-0.2, -0.15) is 0 Å². The smallest absolute Gasteiger partial charge is 0.241 e. The highest BCUT2D eigenvalue weighted by Crippen LogP contribution is 2.24. The normalized spacial score (nSPS) is 23.1. The molecule has 112 valence electrons. The summed E-state index contributed by atoms with van der Waals surface area (Å²) in [6.45, 7) is 5.13. The molecule has 0 spiro atoms. The van der Waals surface area contributed by atoms with Gasteiger partial charge in [0.25, 0.3) is 0 Å². The maximum atomic E-state index is 12.6. The first-order chi connectivity index (χ1) is 9.40. The number of hydrogen-bond donors (Lipinski definition) is 2. The number of hydrogen-bond acceptors (Lipinski definition) is 4. The molecular formula is C14H22N2O3S. The Hall–Kier alpha value is -0.950. The molecular weight excluding hydrogens is 276 g/mol. The summed E-state index contributed by atoms with van der Waals surface area (Å²) in [5.74, 6) is 0. The molecule has 0 bridgehead atoms. The van der Waals surface area contributed by atoms with E-state index in [1.807, 2.05) is 26.0 Å². The molecule has 3 N–H and O–H groups in total. The van der Waals surface area contributed by atoms with Crippen LogP contribution in [-0.4, -0.2) is 27.2 Å². The summed E-state index contributed by atoms with van der Waals surface area (Å²) in [5.41, 5.74) is 6.70. The van der Waals surface area contributed by atoms with Crippen molar-refractivity contribution in [3.63, 3.8) is 0 Å². The Balaban J connectivity index is 2.37. The molecule has 1 unspecified atom stereocenters. The van der Waals surface area contributed by atoms with Crippen molar-refractivity contribution < 1.29 is 13.2 Å². The fourth-order valence-electron chi connectivity index (χ4n) is 2.40. The molecule has 1 aliphatic rings. The minimum absolute atomic E-state index is 0.326. The zero-order valence-corrected chi connectivity index (χ0v) is 12.8. The number of ether oxygens (including phenoxy) is 1. The van der Waals surface area contributed by atoms with Gasteiger partial charge in [0.15, 0.2) is 0 Å². The van der Waals surface area contributed by atoms with Crippen molar-refractivity contribution in [2.45, 2.75) is 43.7 Å². The third-order valence-corrected chi connectivity index (χ3v) is 5.36. The molecule has 0 radical (unpaired) electrons. The van der Waals surface area contributed by atoms with E-state index in [0.717, 1.165) is 11.1 Å². The van der Waals surface area contributed by atoms with Gasteiger partial charge in [-0.1, -0.05) is 19.1 Å². The molecule has 0 amide bonds. The lowest BCUT2D eigenvalue weighted by molar-refractivity contribution is 0.178. The average molecular weight is 298 g/mol. The van der Waals surface area contributed by atoms with Gasteiger partial charge in [0, 0.05) is 13.2 Å². The van der Waals surface area contributed by atoms with E-state index in [1.54, 1.807) is 6.07 Å². The zero-order chi connectivity index (χ0) is 14.8. The lowest BCUT2D eigenvalue weighted by Crippen LogP contribution is -2.46. The van der Waals surface area contributed by atoms with E-state index in [9.17, 15) is 8.42 Å². The molecule has 2 rings (SSSR count). The summed E-state index contributed by atoms with van der Waals surface area (Å²) in [6.07, 6.45) is 1.35. The third kappa shape index (κ3) is 3.20. The van der Waals surface area contributed by atoms with Gasteiger partial charge in [-0.25, -0.2) is 13.1 Å². The lowest BCUT2D eigenvalue weighted by Gasteiger charge is -2.24. The molecule has 1 heterocycles. The summed E-state index contributed by atoms with van der Waals surface area (Å²) in [4.78, 5) is 0.330. The van der Waals surface area contributed by atoms with Crippen molar-refractivity contribution in [2.24, 2.45) is 5.73 Å². The fraction of sp³-hybridized carbons (Fsp3) is 0.571. The summed E-state index contributed by atoms with van der Waals surface area (Å²) in [5, 5.41) is 0. The van der Waals surface area contributed by atoms with Crippen molar-refractivity contribution in [1.29, 1.82) is 0 Å². The largest absolute Gasteiger partial charge is 0.379 e. The predicted octanol–water partition coefficient (Wildman–Crippen LogP) is 1.17. The summed E-state index contributed by atoms with van der Waals surface area (Å²) in [7, 11) is -3.56. The van der Waals surface area contributed by atoms with E-state index in [0.29, 0.717) is 37.5 Å². The number of aryl methyl sites for hydroxylation is 1. The lowest BCUT2D eigenvalue weighted by atomic mass is 10.0. The van der Waals surface area contributed by atoms with E-state index in [1.165, 1.54) is 0 Å². The molecule has 1 atom stereocenters. The maximum Gasteiger partial charge on any atom is 0.241 e. The predicted molar refractivity (Wildman–Crippen MR) is 77.9 cm³/mol. The summed E-state index contributed by atoms with van der Waals surface area (Å²) < 4.78 is 33.3. The molecule has 1 aromatic rings. The van der Waals surface area contributed by atoms with Crippen LogP contribution in [0.5, 0.6) is 0 Å². The molecule has 1 saturated heterocycles. The van der Waals surface area contributed by atoms with Gasteiger partial charge >= 0.3 is 0 Å². The molecule has 20 heavy (non-hydrogen) atoms. The zero-order valence-electron chi connectivity index (χ0n) is 12.0. The van der Waals surface area contributed by atoms with E-state index >= 15 is 0 Å². The van der Waals surface area contributed by atoms with Gasteiger partial charge in [0.2, 0.25) is 10.0 Å². The van der Waals surface area contributed by atoms with Crippen molar-refractivity contribution in [1.82, 2.24) is 4.72 Å². The van der Waals surface area contributed by atoms with Crippen LogP contribution in [0.1, 0.15) is 31.4 Å². The van der Waals surface area contributed by atoms with Crippen molar-refractivity contribution in [3.05, 3.63) is 29.3 Å². The van der Waals surface area contributed by atoms with Crippen LogP contribution in [0, 0.1) is 0 Å². The Kier molecular flexibility index (Phi) is 4.49. The minimum atomic E-state index is -3.56. The molecule has 6 heteroatoms. The summed E-state index contributed by atoms with van der Waals surface area (Å²) >= 11 is 0. The Morgan fingerprint density at radius 3 is 2.75 bits per heavy atom. The Morgan fingerprint density at radius 2 is 2.20 bits per heavy atom. The Morgan fingerprint density at radius 1 is 1.45 bits per heavy atom. The molecule has 1 aliphatic heterocycles. The van der Waals surface area contributed by atoms with Gasteiger partial charge in [-0.05, 0) is 37.0 Å². The standard InChI is InChI=1S/C14H22N2O3S/c1-3-12-5-4-11(9-15)8-13(12)20(17,18)16-14(2)6-7-19-10-14/h4-5,8,16H,3,6-7,9-10,15H2,1-2H3. The number of nitrogens with two attached hydrogens (primary N) is 1. The quantitative estimate of drug-likeness (QED) is 0.855. The second-order valence-electron chi connectivity index (χ2n) is 5.47. The van der Waals surface area contributed by atoms with E-state index in [2.05, 4.69) is 4.72 Å². The third-order valence-electron chi connectivity index (χ3n) is 3.64. The monoisotopic (exact) mass is 298 g/mol. The number of nitrogens with one attached hydrogen (secondary N) is 1. The van der Waals surface area contributed by atoms with E-state index in [-0.39, 0.29) is 0 Å². The highest BCUT2D eigenvalue weighted by atomic mass is 32.2. The molecule has 1 fully saturated rings. The van der Waals surface area contributed by atoms with Crippen LogP contribution in [0.4, 0.5) is 0 Å². The second kappa shape index (κ2) is 5.81. The van der Waals surface area contributed by atoms with Crippen molar-refractivity contribution in [2.75, 3.05) is 13.2 Å². The van der Waals surface area contributed by atoms with Crippen molar-refractivity contribution in [3.8, 4) is 0 Å². The van der Waals surface area contributed by atoms with Crippen molar-refractivity contribution >= 4 is 10.0 Å². The minimum Gasteiger partial charge on any atom is -0.379 e. The van der Waals surface area contributed by atoms with Crippen LogP contribution in [0.25, 0.3) is 0 Å². The molecule has 5 nitrogen and oxygen atoms in total. The summed E-state index contributed by atoms with van der Waals surface area (Å²) in [6, 6.07) is 5.38. The highest BCUT2D eigenvalue weighted by molar-refractivity contribution is 7.89. The average Bonchev–Trinajstić information content (AvgIpc) is 2.83. The van der Waals surface area contributed by atoms with Gasteiger partial charge in [-0.15, -0.1) is 0 Å². The topological polar surface area (TPSA) is 81.4 Å². The van der Waals surface area contributed by atoms with Crippen LogP contribution in [0.2, 0.25) is 0 Å². The van der Waals surface area contributed by atoms with Crippen LogP contribution in [0.3, 0.4) is 0 Å². The Bertz CT molecular complexity index is 578. The number of benzene rings is 1. The number of sulfonamides is 1. The van der Waals surface area contributed by atoms with E-state index < -0.39 is 15.6 Å². The highest BCUT2D eigenvalue weighted by Gasteiger charge is 2.35. The van der Waals surface area contributed by atoms with Crippen LogP contribution in [-0.2, 0) is 27.7 Å². The second-order valence-corrected chi connectivity index (χ2v) is 7.12. The van der Waals surface area contributed by atoms with Gasteiger partial charge < -0.3 is 10.5 Å². The van der Waals surface area contributed by atoms with Gasteiger partial charge in [-0.3, -0.25) is 0 Å². The molecule has 1 aromatic carbocycles. The van der Waals surface area contributed by atoms with Gasteiger partial charge in [0.1, 0.15) is 0 Å². The fourth-order valence-corrected chi connectivity index (χ4v) is 4.18. The first-order valence-electron chi connectivity index (χ1n) is 6.84. The van der Waals surface area contributed by atoms with Crippen LogP contribution < -0.4 is 10.5 Å². The van der Waals surface area contributed by atoms with Crippen LogP contribution in [0.15, 0.2) is 23.1 Å². The van der Waals surface area contributed by atoms with Gasteiger partial charge in [0.05, 0.1) is 17.0 Å². The first kappa shape index (κ1) is 15.4. The SMILES string of the molecule is CCc1ccc(CN)cc1S(=O)(=O)NC1(C)CCOC1. The number of rotatable bonds is 5. The maximum absolute atomic E-state index is 12.6. The molecule has 0 aromatic heterocycles. The van der Waals surface area contributed by atoms with Crippen LogP contribution >= 0.6 is 0 Å².